The molecular formula is C22H31NO. The zero-order valence-electron chi connectivity index (χ0n) is 15.5. The smallest absolute Gasteiger partial charge is 0.108 e. The molecule has 0 aliphatic heterocycles. The lowest BCUT2D eigenvalue weighted by molar-refractivity contribution is 0.0744. The topological polar surface area (TPSA) is 12.5 Å². The van der Waals surface area contributed by atoms with Crippen LogP contribution in [0.15, 0.2) is 54.6 Å². The first-order valence-corrected chi connectivity index (χ1v) is 8.96. The molecule has 0 spiro atoms. The molecule has 2 heteroatoms. The predicted molar refractivity (Wildman–Crippen MR) is 102 cm³/mol. The Morgan fingerprint density at radius 2 is 1.50 bits per heavy atom. The van der Waals surface area contributed by atoms with Crippen molar-refractivity contribution in [3.8, 4) is 0 Å². The summed E-state index contributed by atoms with van der Waals surface area (Å²) in [6.45, 7) is 6.34. The summed E-state index contributed by atoms with van der Waals surface area (Å²) >= 11 is 0. The molecule has 0 saturated carbocycles. The predicted octanol–water partition coefficient (Wildman–Crippen LogP) is 4.94. The Kier molecular flexibility index (Phi) is 7.48. The summed E-state index contributed by atoms with van der Waals surface area (Å²) in [7, 11) is 4.20. The third kappa shape index (κ3) is 6.10. The summed E-state index contributed by atoms with van der Waals surface area (Å²) in [6.07, 6.45) is 2.18. The number of rotatable bonds is 9. The van der Waals surface area contributed by atoms with Crippen LogP contribution in [0.4, 0.5) is 0 Å². The minimum Gasteiger partial charge on any atom is -0.369 e. The molecule has 0 radical (unpaired) electrons. The van der Waals surface area contributed by atoms with E-state index in [1.54, 1.807) is 0 Å². The number of hydrogen-bond donors (Lipinski definition) is 0. The zero-order valence-corrected chi connectivity index (χ0v) is 15.5. The van der Waals surface area contributed by atoms with Crippen molar-refractivity contribution in [3.05, 3.63) is 71.3 Å². The molecule has 2 aromatic carbocycles. The molecule has 24 heavy (non-hydrogen) atoms. The molecule has 0 aromatic heterocycles. The van der Waals surface area contributed by atoms with E-state index in [4.69, 9.17) is 4.74 Å². The van der Waals surface area contributed by atoms with Gasteiger partial charge in [0.1, 0.15) is 6.10 Å². The van der Waals surface area contributed by atoms with Crippen molar-refractivity contribution in [3.63, 3.8) is 0 Å². The van der Waals surface area contributed by atoms with Crippen molar-refractivity contribution in [1.29, 1.82) is 0 Å². The number of ether oxygens (including phenoxy) is 1. The fourth-order valence-corrected chi connectivity index (χ4v) is 2.89. The van der Waals surface area contributed by atoms with Gasteiger partial charge in [0.25, 0.3) is 0 Å². The minimum atomic E-state index is 0.0152. The zero-order chi connectivity index (χ0) is 17.4. The van der Waals surface area contributed by atoms with Crippen LogP contribution in [0.2, 0.25) is 0 Å². The third-order valence-electron chi connectivity index (χ3n) is 4.06. The molecule has 130 valence electrons. The largest absolute Gasteiger partial charge is 0.369 e. The lowest BCUT2D eigenvalue weighted by Gasteiger charge is -2.20. The molecule has 0 heterocycles. The highest BCUT2D eigenvalue weighted by molar-refractivity contribution is 5.32. The number of nitrogens with zero attached hydrogens (tertiary/aromatic N) is 1. The van der Waals surface area contributed by atoms with Crippen molar-refractivity contribution >= 4 is 0 Å². The highest BCUT2D eigenvalue weighted by atomic mass is 16.5. The average molecular weight is 325 g/mol. The van der Waals surface area contributed by atoms with Crippen LogP contribution >= 0.6 is 0 Å². The fraction of sp³-hybridized carbons (Fsp3) is 0.455. The van der Waals surface area contributed by atoms with Crippen molar-refractivity contribution < 1.29 is 4.74 Å². The van der Waals surface area contributed by atoms with Gasteiger partial charge in [-0.1, -0.05) is 68.4 Å². The second-order valence-electron chi connectivity index (χ2n) is 7.16. The van der Waals surface area contributed by atoms with Gasteiger partial charge >= 0.3 is 0 Å². The first kappa shape index (κ1) is 18.7. The standard InChI is InChI=1S/C22H31NO/c1-18(2)17-19-11-13-21(14-12-19)22(20-9-6-5-7-10-20)24-16-8-15-23(3)4/h5-7,9-14,18,22H,8,15-17H2,1-4H3. The summed E-state index contributed by atoms with van der Waals surface area (Å²) in [5, 5.41) is 0. The minimum absolute atomic E-state index is 0.0152. The highest BCUT2D eigenvalue weighted by Crippen LogP contribution is 2.26. The van der Waals surface area contributed by atoms with Gasteiger partial charge < -0.3 is 9.64 Å². The number of hydrogen-bond acceptors (Lipinski definition) is 2. The summed E-state index contributed by atoms with van der Waals surface area (Å²) < 4.78 is 6.26. The Bertz CT molecular complexity index is 575. The molecule has 0 N–H and O–H groups in total. The molecular weight excluding hydrogens is 294 g/mol. The molecule has 2 aromatic rings. The maximum absolute atomic E-state index is 6.26. The van der Waals surface area contributed by atoms with Gasteiger partial charge in [-0.05, 0) is 56.1 Å². The van der Waals surface area contributed by atoms with Crippen LogP contribution in [0.3, 0.4) is 0 Å². The second-order valence-corrected chi connectivity index (χ2v) is 7.16. The molecule has 0 aliphatic rings. The van der Waals surface area contributed by atoms with Gasteiger partial charge in [0.2, 0.25) is 0 Å². The summed E-state index contributed by atoms with van der Waals surface area (Å²) in [5.74, 6) is 0.683. The molecule has 0 amide bonds. The van der Waals surface area contributed by atoms with Crippen molar-refractivity contribution in [1.82, 2.24) is 4.90 Å². The monoisotopic (exact) mass is 325 g/mol. The summed E-state index contributed by atoms with van der Waals surface area (Å²) in [6, 6.07) is 19.5. The van der Waals surface area contributed by atoms with E-state index < -0.39 is 0 Å². The maximum atomic E-state index is 6.26. The Labute approximate surface area is 147 Å². The number of benzene rings is 2. The first-order valence-electron chi connectivity index (χ1n) is 8.96. The van der Waals surface area contributed by atoms with E-state index in [-0.39, 0.29) is 6.10 Å². The first-order chi connectivity index (χ1) is 11.6. The van der Waals surface area contributed by atoms with Gasteiger partial charge in [-0.2, -0.15) is 0 Å². The SMILES string of the molecule is CC(C)Cc1ccc(C(OCCCN(C)C)c2ccccc2)cc1. The Hall–Kier alpha value is -1.64. The van der Waals surface area contributed by atoms with Gasteiger partial charge in [-0.3, -0.25) is 0 Å². The summed E-state index contributed by atoms with van der Waals surface area (Å²) in [4.78, 5) is 2.20. The van der Waals surface area contributed by atoms with E-state index in [0.29, 0.717) is 5.92 Å². The normalized spacial score (nSPS) is 12.8. The van der Waals surface area contributed by atoms with E-state index in [1.165, 1.54) is 16.7 Å². The van der Waals surface area contributed by atoms with E-state index in [9.17, 15) is 0 Å². The molecule has 0 bridgehead atoms. The van der Waals surface area contributed by atoms with Gasteiger partial charge in [0.05, 0.1) is 0 Å². The van der Waals surface area contributed by atoms with Crippen LogP contribution in [0, 0.1) is 5.92 Å². The van der Waals surface area contributed by atoms with Gasteiger partial charge in [-0.15, -0.1) is 0 Å². The van der Waals surface area contributed by atoms with Gasteiger partial charge in [-0.25, -0.2) is 0 Å². The molecule has 2 rings (SSSR count). The lowest BCUT2D eigenvalue weighted by Crippen LogP contribution is -2.16. The van der Waals surface area contributed by atoms with Crippen LogP contribution in [0.1, 0.15) is 43.1 Å². The van der Waals surface area contributed by atoms with Crippen molar-refractivity contribution in [2.24, 2.45) is 5.92 Å². The van der Waals surface area contributed by atoms with Gasteiger partial charge in [0, 0.05) is 6.61 Å². The Morgan fingerprint density at radius 3 is 2.08 bits per heavy atom. The quantitative estimate of drug-likeness (QED) is 0.605. The molecule has 1 unspecified atom stereocenters. The van der Waals surface area contributed by atoms with Crippen LogP contribution in [-0.4, -0.2) is 32.1 Å². The van der Waals surface area contributed by atoms with Crippen LogP contribution < -0.4 is 0 Å². The lowest BCUT2D eigenvalue weighted by atomic mass is 9.97. The van der Waals surface area contributed by atoms with E-state index in [0.717, 1.165) is 26.0 Å². The van der Waals surface area contributed by atoms with Crippen molar-refractivity contribution in [2.75, 3.05) is 27.2 Å². The third-order valence-corrected chi connectivity index (χ3v) is 4.06. The highest BCUT2D eigenvalue weighted by Gasteiger charge is 2.14. The average Bonchev–Trinajstić information content (AvgIpc) is 2.56. The Balaban J connectivity index is 2.10. The molecule has 0 aliphatic carbocycles. The van der Waals surface area contributed by atoms with Crippen LogP contribution in [0.25, 0.3) is 0 Å². The molecule has 0 fully saturated rings. The fourth-order valence-electron chi connectivity index (χ4n) is 2.89. The maximum Gasteiger partial charge on any atom is 0.108 e. The van der Waals surface area contributed by atoms with E-state index in [1.807, 2.05) is 0 Å². The van der Waals surface area contributed by atoms with Crippen LogP contribution in [-0.2, 0) is 11.2 Å². The second kappa shape index (κ2) is 9.61. The molecule has 2 nitrogen and oxygen atoms in total. The summed E-state index contributed by atoms with van der Waals surface area (Å²) in [5.41, 5.74) is 3.85. The van der Waals surface area contributed by atoms with E-state index in [2.05, 4.69) is 87.4 Å². The molecule has 1 atom stereocenters. The van der Waals surface area contributed by atoms with Gasteiger partial charge in [0.15, 0.2) is 0 Å². The van der Waals surface area contributed by atoms with Crippen LogP contribution in [0.5, 0.6) is 0 Å². The van der Waals surface area contributed by atoms with E-state index >= 15 is 0 Å². The Morgan fingerprint density at radius 1 is 0.875 bits per heavy atom. The van der Waals surface area contributed by atoms with Crippen molar-refractivity contribution in [2.45, 2.75) is 32.8 Å². The molecule has 0 saturated heterocycles.